The maximum Gasteiger partial charge on any atom is 1.00 e. The van der Waals surface area contributed by atoms with E-state index in [1.165, 1.54) is 41.5 Å². The third-order valence-corrected chi connectivity index (χ3v) is 2.09. The number of carbonyl (C=O) groups is 6. The first kappa shape index (κ1) is 79.1. The van der Waals surface area contributed by atoms with Gasteiger partial charge in [0, 0.05) is 0 Å². The van der Waals surface area contributed by atoms with E-state index in [9.17, 15) is 59.4 Å². The van der Waals surface area contributed by atoms with E-state index in [4.69, 9.17) is 0 Å². The first-order valence-corrected chi connectivity index (χ1v) is 9.07. The van der Waals surface area contributed by atoms with Gasteiger partial charge in [0.05, 0.1) is 35.8 Å². The molecule has 0 aromatic carbocycles. The van der Waals surface area contributed by atoms with Crippen molar-refractivity contribution in [1.29, 1.82) is 0 Å². The van der Waals surface area contributed by atoms with Gasteiger partial charge in [-0.25, -0.2) is 0 Å². The van der Waals surface area contributed by atoms with Crippen LogP contribution in [0.25, 0.3) is 0 Å². The maximum absolute atomic E-state index is 9.49. The Morgan fingerprint density at radius 1 is 0.286 bits per heavy atom. The quantitative estimate of drug-likeness (QED) is 0.193. The fourth-order valence-electron chi connectivity index (χ4n) is 0. The third-order valence-electron chi connectivity index (χ3n) is 2.09. The van der Waals surface area contributed by atoms with E-state index in [1.807, 2.05) is 0 Å². The van der Waals surface area contributed by atoms with Gasteiger partial charge >= 0.3 is 177 Å². The molecule has 0 heterocycles. The molecule has 18 heteroatoms. The Balaban J connectivity index is -0.0000000250. The zero-order valence-corrected chi connectivity index (χ0v) is 39.1. The number of hydrogen-bond donors (Lipinski definition) is 0. The molecular formula is C24H30Na6O12. The third kappa shape index (κ3) is 105. The van der Waals surface area contributed by atoms with Gasteiger partial charge in [0.2, 0.25) is 0 Å². The van der Waals surface area contributed by atoms with E-state index in [0.717, 1.165) is 0 Å². The molecule has 0 aromatic heterocycles. The summed E-state index contributed by atoms with van der Waals surface area (Å²) in [6.45, 7) is 26.9. The van der Waals surface area contributed by atoms with Gasteiger partial charge in [-0.3, -0.25) is 0 Å². The molecule has 42 heavy (non-hydrogen) atoms. The predicted molar refractivity (Wildman–Crippen MR) is 119 cm³/mol. The molecule has 0 atom stereocenters. The van der Waals surface area contributed by atoms with Gasteiger partial charge in [0.15, 0.2) is 0 Å². The summed E-state index contributed by atoms with van der Waals surface area (Å²) < 4.78 is 0. The van der Waals surface area contributed by atoms with Crippen molar-refractivity contribution in [3.63, 3.8) is 0 Å². The van der Waals surface area contributed by atoms with Crippen molar-refractivity contribution >= 4 is 35.8 Å². The van der Waals surface area contributed by atoms with Gasteiger partial charge in [-0.15, -0.1) is 0 Å². The summed E-state index contributed by atoms with van der Waals surface area (Å²) in [6.07, 6.45) is 0. The summed E-state index contributed by atoms with van der Waals surface area (Å²) in [6, 6.07) is 0. The summed E-state index contributed by atoms with van der Waals surface area (Å²) in [5, 5.41) is 56.9. The minimum absolute atomic E-state index is 0. The molecule has 0 bridgehead atoms. The van der Waals surface area contributed by atoms with Crippen LogP contribution in [0.15, 0.2) is 72.9 Å². The number of carbonyl (C=O) groups excluding carboxylic acids is 6. The number of carboxylic acids is 6. The Morgan fingerprint density at radius 3 is 0.310 bits per heavy atom. The van der Waals surface area contributed by atoms with Crippen LogP contribution in [0.1, 0.15) is 41.5 Å². The zero-order chi connectivity index (χ0) is 30.9. The standard InChI is InChI=1S/6C4H6O2.6Na/c6*1-3(2)4(5)6;;;;;;/h6*1H2,2H3,(H,5,6);;;;;;/q;;;;;;6*+1/p-6. The largest absolute Gasteiger partial charge is 1.00 e. The van der Waals surface area contributed by atoms with Gasteiger partial charge in [-0.2, -0.15) is 0 Å². The Morgan fingerprint density at radius 2 is 0.310 bits per heavy atom. The SMILES string of the molecule is C=C(C)C(=O)[O-].C=C(C)C(=O)[O-].C=C(C)C(=O)[O-].C=C(C)C(=O)[O-].C=C(C)C(=O)[O-].C=C(C)C(=O)[O-].[Na+].[Na+].[Na+].[Na+].[Na+].[Na+]. The first-order valence-electron chi connectivity index (χ1n) is 9.07. The van der Waals surface area contributed by atoms with Crippen LogP contribution in [0.2, 0.25) is 0 Å². The van der Waals surface area contributed by atoms with Gasteiger partial charge in [0.25, 0.3) is 0 Å². The van der Waals surface area contributed by atoms with Gasteiger partial charge in [-0.05, 0) is 75.0 Å². The fourth-order valence-corrected chi connectivity index (χ4v) is 0. The first-order chi connectivity index (χ1) is 15.9. The van der Waals surface area contributed by atoms with Crippen LogP contribution in [0.4, 0.5) is 0 Å². The van der Waals surface area contributed by atoms with Crippen molar-refractivity contribution in [2.75, 3.05) is 0 Å². The molecule has 0 aliphatic rings. The van der Waals surface area contributed by atoms with Gasteiger partial charge in [-0.1, -0.05) is 39.5 Å². The molecule has 0 aromatic rings. The van der Waals surface area contributed by atoms with E-state index in [0.29, 0.717) is 0 Å². The van der Waals surface area contributed by atoms with Gasteiger partial charge in [0.1, 0.15) is 0 Å². The molecule has 0 aliphatic carbocycles. The molecule has 0 amide bonds. The molecule has 0 rings (SSSR count). The molecule has 0 fully saturated rings. The number of hydrogen-bond acceptors (Lipinski definition) is 12. The van der Waals surface area contributed by atoms with E-state index in [2.05, 4.69) is 39.5 Å². The van der Waals surface area contributed by atoms with Crippen molar-refractivity contribution in [3.05, 3.63) is 72.9 Å². The smallest absolute Gasteiger partial charge is 0.545 e. The minimum Gasteiger partial charge on any atom is -0.545 e. The molecule has 0 saturated heterocycles. The minimum atomic E-state index is -1.19. The Hall–Kier alpha value is 1.26. The van der Waals surface area contributed by atoms with Crippen LogP contribution in [-0.2, 0) is 28.8 Å². The molecular weight excluding hydrogens is 618 g/mol. The average Bonchev–Trinajstić information content (AvgIpc) is 2.69. The molecule has 0 unspecified atom stereocenters. The predicted octanol–water partition coefficient (Wildman–Crippen LogP) is -22.1. The zero-order valence-electron chi connectivity index (χ0n) is 27.1. The van der Waals surface area contributed by atoms with Crippen molar-refractivity contribution in [1.82, 2.24) is 0 Å². The van der Waals surface area contributed by atoms with E-state index in [-0.39, 0.29) is 211 Å². The van der Waals surface area contributed by atoms with Crippen LogP contribution in [0.5, 0.6) is 0 Å². The topological polar surface area (TPSA) is 241 Å². The van der Waals surface area contributed by atoms with Crippen LogP contribution in [0.3, 0.4) is 0 Å². The Kier molecular flexibility index (Phi) is 97.5. The van der Waals surface area contributed by atoms with Crippen molar-refractivity contribution in [2.45, 2.75) is 41.5 Å². The molecule has 12 nitrogen and oxygen atoms in total. The summed E-state index contributed by atoms with van der Waals surface area (Å²) in [7, 11) is 0. The van der Waals surface area contributed by atoms with E-state index < -0.39 is 35.8 Å². The second-order valence-corrected chi connectivity index (χ2v) is 6.41. The Labute approximate surface area is 380 Å². The van der Waals surface area contributed by atoms with Crippen LogP contribution < -0.4 is 208 Å². The van der Waals surface area contributed by atoms with Crippen molar-refractivity contribution in [2.24, 2.45) is 0 Å². The fraction of sp³-hybridized carbons (Fsp3) is 0.250. The number of carboxylic acid groups (broad SMARTS) is 6. The molecule has 0 N–H and O–H groups in total. The molecule has 204 valence electrons. The average molecular weight is 648 g/mol. The summed E-state index contributed by atoms with van der Waals surface area (Å²) in [5.74, 6) is -7.11. The normalized spacial score (nSPS) is 6.43. The van der Waals surface area contributed by atoms with Crippen molar-refractivity contribution in [3.8, 4) is 0 Å². The number of aliphatic carboxylic acids is 6. The molecule has 0 spiro atoms. The second kappa shape index (κ2) is 51.8. The molecule has 0 radical (unpaired) electrons. The molecule has 0 saturated carbocycles. The Bertz CT molecular complexity index is 640. The number of rotatable bonds is 6. The molecule has 0 aliphatic heterocycles. The summed E-state index contributed by atoms with van der Waals surface area (Å²) in [5.41, 5.74) is 0.389. The van der Waals surface area contributed by atoms with Crippen LogP contribution >= 0.6 is 0 Å². The van der Waals surface area contributed by atoms with E-state index >= 15 is 0 Å². The summed E-state index contributed by atoms with van der Waals surface area (Å²) >= 11 is 0. The van der Waals surface area contributed by atoms with E-state index in [1.54, 1.807) is 0 Å². The maximum atomic E-state index is 9.49. The second-order valence-electron chi connectivity index (χ2n) is 6.41. The van der Waals surface area contributed by atoms with Gasteiger partial charge < -0.3 is 59.4 Å². The monoisotopic (exact) mass is 648 g/mol. The summed E-state index contributed by atoms with van der Waals surface area (Å²) in [4.78, 5) is 56.9. The van der Waals surface area contributed by atoms with Crippen LogP contribution in [-0.4, -0.2) is 35.8 Å². The van der Waals surface area contributed by atoms with Crippen LogP contribution in [0, 0.1) is 0 Å². The van der Waals surface area contributed by atoms with Crippen molar-refractivity contribution < 1.29 is 237 Å².